The molecule has 84 valence electrons. The number of hydrogen-bond donors (Lipinski definition) is 1. The minimum absolute atomic E-state index is 0.00611. The van der Waals surface area contributed by atoms with Gasteiger partial charge in [0.05, 0.1) is 0 Å². The van der Waals surface area contributed by atoms with Crippen molar-refractivity contribution in [2.75, 3.05) is 0 Å². The second-order valence-corrected chi connectivity index (χ2v) is 3.16. The first kappa shape index (κ1) is 13.4. The fraction of sp³-hybridized carbons (Fsp3) is 0.500. The summed E-state index contributed by atoms with van der Waals surface area (Å²) in [5.41, 5.74) is -0.00611. The lowest BCUT2D eigenvalue weighted by Crippen LogP contribution is -2.24. The first-order chi connectivity index (χ1) is 6.84. The topological polar surface area (TPSA) is 80.7 Å². The molecule has 0 aromatic carbocycles. The number of carboxylic acids is 1. The van der Waals surface area contributed by atoms with Gasteiger partial charge in [0.15, 0.2) is 11.9 Å². The van der Waals surface area contributed by atoms with E-state index in [4.69, 9.17) is 9.84 Å². The van der Waals surface area contributed by atoms with E-state index in [2.05, 4.69) is 6.58 Å². The molecule has 0 bridgehead atoms. The Kier molecular flexibility index (Phi) is 5.30. The van der Waals surface area contributed by atoms with Crippen molar-refractivity contribution in [1.29, 1.82) is 0 Å². The lowest BCUT2D eigenvalue weighted by atomic mass is 10.1. The summed E-state index contributed by atoms with van der Waals surface area (Å²) < 4.78 is 4.72. The third kappa shape index (κ3) is 5.61. The Labute approximate surface area is 87.7 Å². The molecular weight excluding hydrogens is 200 g/mol. The van der Waals surface area contributed by atoms with Gasteiger partial charge in [0.25, 0.3) is 0 Å². The number of hydrogen-bond acceptors (Lipinski definition) is 4. The van der Waals surface area contributed by atoms with Crippen LogP contribution in [0.4, 0.5) is 0 Å². The highest BCUT2D eigenvalue weighted by Gasteiger charge is 2.18. The monoisotopic (exact) mass is 214 g/mol. The minimum Gasteiger partial charge on any atom is -0.478 e. The molecule has 15 heavy (non-hydrogen) atoms. The van der Waals surface area contributed by atoms with Gasteiger partial charge in [-0.25, -0.2) is 4.79 Å². The molecule has 0 heterocycles. The van der Waals surface area contributed by atoms with Crippen molar-refractivity contribution < 1.29 is 24.2 Å². The minimum atomic E-state index is -1.11. The van der Waals surface area contributed by atoms with Gasteiger partial charge < -0.3 is 9.84 Å². The molecule has 0 rings (SSSR count). The third-order valence-electron chi connectivity index (χ3n) is 1.77. The maximum Gasteiger partial charge on any atom is 0.330 e. The quantitative estimate of drug-likeness (QED) is 0.525. The lowest BCUT2D eigenvalue weighted by Gasteiger charge is -2.13. The maximum absolute atomic E-state index is 11.0. The van der Waals surface area contributed by atoms with Crippen molar-refractivity contribution in [2.45, 2.75) is 32.8 Å². The summed E-state index contributed by atoms with van der Waals surface area (Å²) in [5, 5.41) is 8.52. The van der Waals surface area contributed by atoms with E-state index in [1.54, 1.807) is 0 Å². The fourth-order valence-electron chi connectivity index (χ4n) is 0.958. The van der Waals surface area contributed by atoms with Gasteiger partial charge in [-0.2, -0.15) is 0 Å². The average Bonchev–Trinajstić information content (AvgIpc) is 2.10. The fourth-order valence-corrected chi connectivity index (χ4v) is 0.958. The summed E-state index contributed by atoms with van der Waals surface area (Å²) in [6.07, 6.45) is -0.606. The highest BCUT2D eigenvalue weighted by atomic mass is 16.5. The molecule has 0 saturated carbocycles. The van der Waals surface area contributed by atoms with E-state index < -0.39 is 18.0 Å². The van der Waals surface area contributed by atoms with E-state index in [1.807, 2.05) is 0 Å². The van der Waals surface area contributed by atoms with Crippen LogP contribution in [0.1, 0.15) is 26.7 Å². The van der Waals surface area contributed by atoms with Crippen LogP contribution >= 0.6 is 0 Å². The van der Waals surface area contributed by atoms with Gasteiger partial charge >= 0.3 is 11.9 Å². The predicted octanol–water partition coefficient (Wildman–Crippen LogP) is 0.928. The largest absolute Gasteiger partial charge is 0.478 e. The number of carboxylic acid groups (broad SMARTS) is 1. The SMILES string of the molecule is C=C(CCC(OC(C)=O)C(C)=O)C(=O)O. The Hall–Kier alpha value is -1.65. The van der Waals surface area contributed by atoms with Crippen molar-refractivity contribution in [3.63, 3.8) is 0 Å². The summed E-state index contributed by atoms with van der Waals surface area (Å²) in [4.78, 5) is 32.0. The molecule has 0 aliphatic rings. The Bertz CT molecular complexity index is 292. The standard InChI is InChI=1S/C10H14O5/c1-6(10(13)14)4-5-9(7(2)11)15-8(3)12/h9H,1,4-5H2,2-3H3,(H,13,14). The van der Waals surface area contributed by atoms with Gasteiger partial charge in [-0.1, -0.05) is 6.58 Å². The molecule has 1 atom stereocenters. The maximum atomic E-state index is 11.0. The van der Waals surface area contributed by atoms with Crippen LogP contribution < -0.4 is 0 Å². The molecule has 0 amide bonds. The van der Waals surface area contributed by atoms with Crippen molar-refractivity contribution in [3.8, 4) is 0 Å². The number of carbonyl (C=O) groups excluding carboxylic acids is 2. The molecule has 0 radical (unpaired) electrons. The van der Waals surface area contributed by atoms with E-state index in [0.29, 0.717) is 0 Å². The number of ether oxygens (including phenoxy) is 1. The first-order valence-electron chi connectivity index (χ1n) is 4.43. The number of esters is 1. The van der Waals surface area contributed by atoms with Gasteiger partial charge in [-0.15, -0.1) is 0 Å². The van der Waals surface area contributed by atoms with Gasteiger partial charge in [0, 0.05) is 12.5 Å². The van der Waals surface area contributed by atoms with Crippen LogP contribution in [0.3, 0.4) is 0 Å². The van der Waals surface area contributed by atoms with E-state index in [9.17, 15) is 14.4 Å². The van der Waals surface area contributed by atoms with Crippen LogP contribution in [-0.2, 0) is 19.1 Å². The number of rotatable bonds is 6. The van der Waals surface area contributed by atoms with E-state index in [0.717, 1.165) is 0 Å². The van der Waals surface area contributed by atoms with Crippen LogP contribution in [-0.4, -0.2) is 28.9 Å². The van der Waals surface area contributed by atoms with Gasteiger partial charge in [0.1, 0.15) is 0 Å². The van der Waals surface area contributed by atoms with Crippen LogP contribution in [0.15, 0.2) is 12.2 Å². The predicted molar refractivity (Wildman–Crippen MR) is 52.2 cm³/mol. The number of carbonyl (C=O) groups is 3. The Morgan fingerprint density at radius 2 is 1.87 bits per heavy atom. The summed E-state index contributed by atoms with van der Waals surface area (Å²) in [6.45, 7) is 5.80. The number of Topliss-reactive ketones (excluding diaryl/α,β-unsaturated/α-hetero) is 1. The highest BCUT2D eigenvalue weighted by molar-refractivity contribution is 5.86. The summed E-state index contributed by atoms with van der Waals surface area (Å²) in [7, 11) is 0. The molecule has 1 unspecified atom stereocenters. The van der Waals surface area contributed by atoms with Crippen molar-refractivity contribution in [3.05, 3.63) is 12.2 Å². The average molecular weight is 214 g/mol. The van der Waals surface area contributed by atoms with Crippen LogP contribution in [0.2, 0.25) is 0 Å². The van der Waals surface area contributed by atoms with Crippen molar-refractivity contribution in [2.24, 2.45) is 0 Å². The molecule has 0 fully saturated rings. The summed E-state index contributed by atoms with van der Waals surface area (Å²) in [6, 6.07) is 0. The number of ketones is 1. The second kappa shape index (κ2) is 5.95. The summed E-state index contributed by atoms with van der Waals surface area (Å²) in [5.74, 6) is -1.97. The first-order valence-corrected chi connectivity index (χ1v) is 4.43. The van der Waals surface area contributed by atoms with Crippen molar-refractivity contribution in [1.82, 2.24) is 0 Å². The Morgan fingerprint density at radius 1 is 1.33 bits per heavy atom. The zero-order valence-electron chi connectivity index (χ0n) is 8.78. The van der Waals surface area contributed by atoms with Crippen LogP contribution in [0.25, 0.3) is 0 Å². The zero-order chi connectivity index (χ0) is 12.0. The number of aliphatic carboxylic acids is 1. The van der Waals surface area contributed by atoms with Crippen LogP contribution in [0, 0.1) is 0 Å². The Balaban J connectivity index is 4.19. The molecule has 5 heteroatoms. The molecule has 5 nitrogen and oxygen atoms in total. The molecule has 0 aliphatic heterocycles. The van der Waals surface area contributed by atoms with E-state index in [-0.39, 0.29) is 24.2 Å². The van der Waals surface area contributed by atoms with Crippen LogP contribution in [0.5, 0.6) is 0 Å². The normalized spacial score (nSPS) is 11.6. The zero-order valence-corrected chi connectivity index (χ0v) is 8.78. The molecule has 0 aromatic rings. The smallest absolute Gasteiger partial charge is 0.330 e. The van der Waals surface area contributed by atoms with E-state index in [1.165, 1.54) is 13.8 Å². The molecule has 0 saturated heterocycles. The molecule has 0 spiro atoms. The van der Waals surface area contributed by atoms with Crippen molar-refractivity contribution >= 4 is 17.7 Å². The molecular formula is C10H14O5. The van der Waals surface area contributed by atoms with Gasteiger partial charge in [-0.05, 0) is 19.8 Å². The summed E-state index contributed by atoms with van der Waals surface area (Å²) >= 11 is 0. The molecule has 1 N–H and O–H groups in total. The third-order valence-corrected chi connectivity index (χ3v) is 1.77. The van der Waals surface area contributed by atoms with Gasteiger partial charge in [-0.3, -0.25) is 9.59 Å². The highest BCUT2D eigenvalue weighted by Crippen LogP contribution is 2.10. The lowest BCUT2D eigenvalue weighted by molar-refractivity contribution is -0.152. The Morgan fingerprint density at radius 3 is 2.20 bits per heavy atom. The van der Waals surface area contributed by atoms with E-state index >= 15 is 0 Å². The second-order valence-electron chi connectivity index (χ2n) is 3.16. The van der Waals surface area contributed by atoms with Gasteiger partial charge in [0.2, 0.25) is 0 Å². The molecule has 0 aliphatic carbocycles. The molecule has 0 aromatic heterocycles.